The summed E-state index contributed by atoms with van der Waals surface area (Å²) in [6.45, 7) is 0. The maximum atomic E-state index is 12.6. The van der Waals surface area contributed by atoms with E-state index in [4.69, 9.17) is 5.26 Å². The molecule has 5 nitrogen and oxygen atoms in total. The number of hydrogen-bond acceptors (Lipinski definition) is 4. The molecule has 0 aliphatic heterocycles. The van der Waals surface area contributed by atoms with Crippen molar-refractivity contribution in [1.29, 1.82) is 5.26 Å². The summed E-state index contributed by atoms with van der Waals surface area (Å²) in [5.41, 5.74) is 0.905. The summed E-state index contributed by atoms with van der Waals surface area (Å²) >= 11 is 0. The highest BCUT2D eigenvalue weighted by Crippen LogP contribution is 2.16. The Bertz CT molecular complexity index is 735. The predicted octanol–water partition coefficient (Wildman–Crippen LogP) is 2.09. The molecule has 0 unspecified atom stereocenters. The van der Waals surface area contributed by atoms with Crippen molar-refractivity contribution < 1.29 is 12.8 Å². The molecule has 0 saturated carbocycles. The number of hydrogen-bond donors (Lipinski definition) is 1. The lowest BCUT2D eigenvalue weighted by molar-refractivity contribution is 0.583. The number of aromatic nitrogens is 1. The highest BCUT2D eigenvalue weighted by atomic mass is 32.2. The maximum absolute atomic E-state index is 12.6. The van der Waals surface area contributed by atoms with Crippen molar-refractivity contribution in [3.05, 3.63) is 54.1 Å². The van der Waals surface area contributed by atoms with E-state index in [0.717, 1.165) is 17.8 Å². The average molecular weight is 291 g/mol. The predicted molar refractivity (Wildman–Crippen MR) is 70.8 cm³/mol. The lowest BCUT2D eigenvalue weighted by atomic mass is 10.2. The van der Waals surface area contributed by atoms with Crippen molar-refractivity contribution in [3.8, 4) is 6.07 Å². The van der Waals surface area contributed by atoms with Crippen LogP contribution >= 0.6 is 0 Å². The quantitative estimate of drug-likeness (QED) is 0.874. The Morgan fingerprint density at radius 1 is 1.20 bits per heavy atom. The van der Waals surface area contributed by atoms with E-state index in [-0.39, 0.29) is 17.0 Å². The number of pyridine rings is 1. The molecular weight excluding hydrogens is 281 g/mol. The highest BCUT2D eigenvalue weighted by Gasteiger charge is 2.14. The Balaban J connectivity index is 2.22. The first-order valence-corrected chi connectivity index (χ1v) is 7.10. The molecule has 0 amide bonds. The normalized spacial score (nSPS) is 10.8. The number of nitrogens with zero attached hydrogens (tertiary/aromatic N) is 2. The van der Waals surface area contributed by atoms with E-state index in [0.29, 0.717) is 0 Å². The summed E-state index contributed by atoms with van der Waals surface area (Å²) in [5, 5.41) is 8.55. The Kier molecular flexibility index (Phi) is 3.96. The summed E-state index contributed by atoms with van der Waals surface area (Å²) in [6, 6.07) is 10.3. The Morgan fingerprint density at radius 2 is 1.90 bits per heavy atom. The Morgan fingerprint density at radius 3 is 2.45 bits per heavy atom. The number of nitriles is 1. The van der Waals surface area contributed by atoms with Gasteiger partial charge in [0.15, 0.2) is 0 Å². The zero-order valence-corrected chi connectivity index (χ0v) is 11.1. The molecule has 0 aliphatic carbocycles. The van der Waals surface area contributed by atoms with Gasteiger partial charge >= 0.3 is 0 Å². The number of anilines is 1. The van der Waals surface area contributed by atoms with Gasteiger partial charge in [-0.2, -0.15) is 9.65 Å². The first kappa shape index (κ1) is 14.0. The van der Waals surface area contributed by atoms with E-state index in [9.17, 15) is 12.8 Å². The topological polar surface area (TPSA) is 82.8 Å². The van der Waals surface area contributed by atoms with Gasteiger partial charge in [0.2, 0.25) is 5.95 Å². The van der Waals surface area contributed by atoms with Gasteiger partial charge < -0.3 is 0 Å². The number of sulfonamides is 1. The first-order valence-electron chi connectivity index (χ1n) is 5.61. The van der Waals surface area contributed by atoms with E-state index in [2.05, 4.69) is 9.71 Å². The van der Waals surface area contributed by atoms with Gasteiger partial charge in [-0.25, -0.2) is 13.4 Å². The molecule has 2 rings (SSSR count). The van der Waals surface area contributed by atoms with Gasteiger partial charge in [0.1, 0.15) is 0 Å². The third kappa shape index (κ3) is 3.30. The fraction of sp³-hybridized carbons (Fsp3) is 0.0769. The summed E-state index contributed by atoms with van der Waals surface area (Å²) in [5.74, 6) is -0.686. The molecular formula is C13H10FN3O2S. The minimum Gasteiger partial charge on any atom is -0.278 e. The zero-order chi connectivity index (χ0) is 14.6. The highest BCUT2D eigenvalue weighted by molar-refractivity contribution is 7.92. The molecule has 7 heteroatoms. The van der Waals surface area contributed by atoms with Crippen LogP contribution in [0.3, 0.4) is 0 Å². The van der Waals surface area contributed by atoms with Crippen LogP contribution in [-0.4, -0.2) is 13.4 Å². The number of benzene rings is 1. The second-order valence-electron chi connectivity index (χ2n) is 3.95. The second kappa shape index (κ2) is 5.67. The second-order valence-corrected chi connectivity index (χ2v) is 5.64. The largest absolute Gasteiger partial charge is 0.278 e. The van der Waals surface area contributed by atoms with Crippen LogP contribution < -0.4 is 4.72 Å². The number of rotatable bonds is 4. The van der Waals surface area contributed by atoms with Gasteiger partial charge in [-0.05, 0) is 29.8 Å². The lowest BCUT2D eigenvalue weighted by Crippen LogP contribution is -2.13. The van der Waals surface area contributed by atoms with Gasteiger partial charge in [-0.1, -0.05) is 12.1 Å². The zero-order valence-electron chi connectivity index (χ0n) is 10.2. The van der Waals surface area contributed by atoms with Crippen molar-refractivity contribution >= 4 is 15.7 Å². The Labute approximate surface area is 115 Å². The summed E-state index contributed by atoms with van der Waals surface area (Å²) in [4.78, 5) is 3.42. The minimum atomic E-state index is -3.75. The van der Waals surface area contributed by atoms with Crippen LogP contribution in [0.4, 0.5) is 10.1 Å². The molecule has 0 aliphatic rings. The van der Waals surface area contributed by atoms with Crippen LogP contribution in [0.2, 0.25) is 0 Å². The van der Waals surface area contributed by atoms with Crippen LogP contribution in [0, 0.1) is 17.3 Å². The molecule has 0 spiro atoms. The Hall–Kier alpha value is -2.46. The van der Waals surface area contributed by atoms with E-state index in [1.807, 2.05) is 6.07 Å². The van der Waals surface area contributed by atoms with Gasteiger partial charge in [0.05, 0.1) is 29.3 Å². The molecule has 0 atom stereocenters. The average Bonchev–Trinajstić information content (AvgIpc) is 2.42. The molecule has 1 heterocycles. The molecule has 20 heavy (non-hydrogen) atoms. The van der Waals surface area contributed by atoms with E-state index in [1.54, 1.807) is 12.1 Å². The van der Waals surface area contributed by atoms with Crippen molar-refractivity contribution in [2.24, 2.45) is 0 Å². The molecule has 1 N–H and O–H groups in total. The summed E-state index contributed by atoms with van der Waals surface area (Å²) in [7, 11) is -3.75. The molecule has 0 radical (unpaired) electrons. The van der Waals surface area contributed by atoms with Crippen LogP contribution in [0.5, 0.6) is 0 Å². The lowest BCUT2D eigenvalue weighted by Gasteiger charge is -2.07. The van der Waals surface area contributed by atoms with Crippen molar-refractivity contribution in [3.63, 3.8) is 0 Å². The number of halogens is 1. The standard InChI is InChI=1S/C13H10FN3O2S/c14-13-6-3-11(9-16-13)17-20(18,19)12-4-1-10(2-5-12)7-8-15/h1-6,9,17H,7H2. The van der Waals surface area contributed by atoms with Gasteiger partial charge in [0.25, 0.3) is 10.0 Å². The molecule has 1 aromatic carbocycles. The molecule has 2 aromatic rings. The van der Waals surface area contributed by atoms with Crippen LogP contribution in [0.25, 0.3) is 0 Å². The van der Waals surface area contributed by atoms with Crippen molar-refractivity contribution in [2.75, 3.05) is 4.72 Å². The number of nitrogens with one attached hydrogen (secondary N) is 1. The molecule has 0 fully saturated rings. The van der Waals surface area contributed by atoms with E-state index >= 15 is 0 Å². The third-order valence-electron chi connectivity index (χ3n) is 2.50. The minimum absolute atomic E-state index is 0.0588. The molecule has 1 aromatic heterocycles. The SMILES string of the molecule is N#CCc1ccc(S(=O)(=O)Nc2ccc(F)nc2)cc1. The first-order chi connectivity index (χ1) is 9.51. The van der Waals surface area contributed by atoms with E-state index < -0.39 is 16.0 Å². The third-order valence-corrected chi connectivity index (χ3v) is 3.89. The van der Waals surface area contributed by atoms with Gasteiger partial charge in [-0.15, -0.1) is 0 Å². The van der Waals surface area contributed by atoms with Gasteiger partial charge in [0, 0.05) is 0 Å². The molecule has 0 saturated heterocycles. The van der Waals surface area contributed by atoms with Crippen LogP contribution in [0.15, 0.2) is 47.5 Å². The van der Waals surface area contributed by atoms with Crippen molar-refractivity contribution in [1.82, 2.24) is 4.98 Å². The van der Waals surface area contributed by atoms with Crippen LogP contribution in [0.1, 0.15) is 5.56 Å². The van der Waals surface area contributed by atoms with Crippen molar-refractivity contribution in [2.45, 2.75) is 11.3 Å². The van der Waals surface area contributed by atoms with Crippen LogP contribution in [-0.2, 0) is 16.4 Å². The smallest absolute Gasteiger partial charge is 0.261 e. The fourth-order valence-electron chi connectivity index (χ4n) is 1.53. The van der Waals surface area contributed by atoms with Gasteiger partial charge in [-0.3, -0.25) is 4.72 Å². The maximum Gasteiger partial charge on any atom is 0.261 e. The molecule has 102 valence electrons. The fourth-order valence-corrected chi connectivity index (χ4v) is 2.57. The van der Waals surface area contributed by atoms with E-state index in [1.165, 1.54) is 18.2 Å². The molecule has 0 bridgehead atoms. The monoisotopic (exact) mass is 291 g/mol. The summed E-state index contributed by atoms with van der Waals surface area (Å²) < 4.78 is 39.1. The summed E-state index contributed by atoms with van der Waals surface area (Å²) in [6.07, 6.45) is 1.31.